The Morgan fingerprint density at radius 2 is 0.983 bits per heavy atom. The van der Waals surface area contributed by atoms with Gasteiger partial charge in [0.2, 0.25) is 0 Å². The molecule has 5 rings (SSSR count). The highest BCUT2D eigenvalue weighted by Gasteiger charge is 2.51. The summed E-state index contributed by atoms with van der Waals surface area (Å²) >= 11 is 0. The molecule has 0 radical (unpaired) electrons. The number of rotatable bonds is 11. The third kappa shape index (κ3) is 8.37. The molecule has 2 N–H and O–H groups in total. The highest BCUT2D eigenvalue weighted by atomic mass is 33.2. The summed E-state index contributed by atoms with van der Waals surface area (Å²) in [5.41, 5.74) is 1.17. The van der Waals surface area contributed by atoms with Gasteiger partial charge >= 0.3 is 18.1 Å². The summed E-state index contributed by atoms with van der Waals surface area (Å²) in [6, 6.07) is 17.5. The van der Waals surface area contributed by atoms with Crippen LogP contribution in [0.15, 0.2) is 106 Å². The molecule has 3 aromatic carbocycles. The van der Waals surface area contributed by atoms with Gasteiger partial charge in [-0.05, 0) is 75.7 Å². The van der Waals surface area contributed by atoms with Crippen LogP contribution in [0.2, 0.25) is 0 Å². The maximum absolute atomic E-state index is 14.5. The molecule has 0 aliphatic carbocycles. The van der Waals surface area contributed by atoms with Gasteiger partial charge in [0.1, 0.15) is 11.5 Å². The van der Waals surface area contributed by atoms with Crippen molar-refractivity contribution in [3.8, 4) is 0 Å². The van der Waals surface area contributed by atoms with Crippen LogP contribution in [0.4, 0.5) is 0 Å². The Kier molecular flexibility index (Phi) is 13.1. The van der Waals surface area contributed by atoms with Crippen LogP contribution in [-0.4, -0.2) is 111 Å². The summed E-state index contributed by atoms with van der Waals surface area (Å²) in [4.78, 5) is 2.38. The fourth-order valence-corrected chi connectivity index (χ4v) is 18.5. The van der Waals surface area contributed by atoms with Crippen LogP contribution < -0.4 is 0 Å². The second-order valence-corrected chi connectivity index (χ2v) is 29.5. The summed E-state index contributed by atoms with van der Waals surface area (Å²) in [5, 5.41) is 19.0. The molecular formula is C34H40N4O14S6. The highest BCUT2D eigenvalue weighted by molar-refractivity contribution is 8.67. The van der Waals surface area contributed by atoms with Gasteiger partial charge in [-0.1, -0.05) is 59.2 Å². The molecule has 1 aromatic heterocycles. The Hall–Kier alpha value is -3.69. The average Bonchev–Trinajstić information content (AvgIpc) is 3.16. The molecule has 316 valence electrons. The summed E-state index contributed by atoms with van der Waals surface area (Å²) < 4.78 is 170. The van der Waals surface area contributed by atoms with E-state index in [2.05, 4.69) is 4.98 Å². The summed E-state index contributed by atoms with van der Waals surface area (Å²) in [7, 11) is -33.5. The van der Waals surface area contributed by atoms with Gasteiger partial charge < -0.3 is 10.2 Å². The van der Waals surface area contributed by atoms with Crippen LogP contribution in [0.25, 0.3) is 0 Å². The maximum atomic E-state index is 14.5. The molecule has 0 spiro atoms. The van der Waals surface area contributed by atoms with Gasteiger partial charge in [0.05, 0.1) is 52.5 Å². The number of pyridine rings is 1. The quantitative estimate of drug-likeness (QED) is 0.200. The van der Waals surface area contributed by atoms with Crippen molar-refractivity contribution in [2.75, 3.05) is 19.9 Å². The summed E-state index contributed by atoms with van der Waals surface area (Å²) in [6.07, 6.45) is -3.58. The van der Waals surface area contributed by atoms with E-state index in [1.165, 1.54) is 54.6 Å². The van der Waals surface area contributed by atoms with Crippen LogP contribution in [0, 0.1) is 20.8 Å². The molecule has 24 heteroatoms. The van der Waals surface area contributed by atoms with E-state index in [4.69, 9.17) is 0 Å². The molecule has 2 unspecified atom stereocenters. The molecule has 1 aliphatic rings. The van der Waals surface area contributed by atoms with E-state index in [0.29, 0.717) is 21.0 Å². The van der Waals surface area contributed by atoms with Crippen LogP contribution in [0.5, 0.6) is 0 Å². The van der Waals surface area contributed by atoms with E-state index < -0.39 is 119 Å². The average molecular weight is 921 g/mol. The van der Waals surface area contributed by atoms with Gasteiger partial charge in [-0.25, -0.2) is 38.6 Å². The van der Waals surface area contributed by atoms with Crippen molar-refractivity contribution >= 4 is 53.6 Å². The maximum Gasteiger partial charge on any atom is 0.326 e. The minimum Gasteiger partial charge on any atom is -0.393 e. The van der Waals surface area contributed by atoms with E-state index in [1.807, 2.05) is 0 Å². The molecule has 58 heavy (non-hydrogen) atoms. The van der Waals surface area contributed by atoms with Gasteiger partial charge in [-0.15, -0.1) is 0 Å². The molecule has 0 saturated heterocycles. The normalized spacial score (nSPS) is 18.9. The largest absolute Gasteiger partial charge is 0.393 e. The Morgan fingerprint density at radius 1 is 0.569 bits per heavy atom. The standard InChI is InChI=1S/C34H40N4O14S6/c1-25-7-13-30(14-8-25)53(41,42)56(47,48)34-19-20-36(57(49,50)54(43,44)31-15-9-26(2)10-16-31)21-28-5-4-6-29(35-28)22-38(33(23-39)37(34)24-40)58(51,52)55(45,46)32-17-11-27(3)12-18-32/h4-18,33-34,39-40H,19-24H2,1-3H3. The second kappa shape index (κ2) is 16.8. The SMILES string of the molecule is Cc1ccc(S(=O)(=O)S(=O)(=O)C2CCN(S(=O)(=O)S(=O)(=O)c3ccc(C)cc3)Cc3cccc(n3)CN(S(=O)(=O)S(=O)(=O)c3ccc(C)cc3)C(CO)N2CO)cc1. The highest BCUT2D eigenvalue weighted by Crippen LogP contribution is 2.33. The van der Waals surface area contributed by atoms with Crippen LogP contribution in [-0.2, 0) is 66.7 Å². The lowest BCUT2D eigenvalue weighted by molar-refractivity contribution is -0.0228. The van der Waals surface area contributed by atoms with E-state index in [-0.39, 0.29) is 20.6 Å². The van der Waals surface area contributed by atoms with Crippen LogP contribution >= 0.6 is 0 Å². The first kappa shape index (κ1) is 45.4. The van der Waals surface area contributed by atoms with Gasteiger partial charge in [0, 0.05) is 6.54 Å². The number of aliphatic hydroxyl groups excluding tert-OH is 2. The number of hydrogen-bond acceptors (Lipinski definition) is 16. The van der Waals surface area contributed by atoms with E-state index >= 15 is 0 Å². The van der Waals surface area contributed by atoms with Crippen molar-refractivity contribution < 1.29 is 60.7 Å². The van der Waals surface area contributed by atoms with Gasteiger partial charge in [0.15, 0.2) is 0 Å². The number of aliphatic hydroxyl groups is 2. The molecule has 2 heterocycles. The number of aromatic nitrogens is 1. The first-order valence-corrected chi connectivity index (χ1v) is 27.5. The van der Waals surface area contributed by atoms with E-state index in [1.54, 1.807) is 20.8 Å². The van der Waals surface area contributed by atoms with Crippen molar-refractivity contribution in [2.45, 2.75) is 66.5 Å². The van der Waals surface area contributed by atoms with E-state index in [0.717, 1.165) is 36.4 Å². The van der Waals surface area contributed by atoms with Gasteiger partial charge in [0.25, 0.3) is 35.5 Å². The van der Waals surface area contributed by atoms with Crippen molar-refractivity contribution in [1.29, 1.82) is 0 Å². The predicted octanol–water partition coefficient (Wildman–Crippen LogP) is 1.15. The zero-order valence-electron chi connectivity index (χ0n) is 31.1. The monoisotopic (exact) mass is 920 g/mol. The first-order chi connectivity index (χ1) is 26.9. The zero-order chi connectivity index (χ0) is 43.1. The van der Waals surface area contributed by atoms with Crippen LogP contribution in [0.3, 0.4) is 0 Å². The van der Waals surface area contributed by atoms with E-state index in [9.17, 15) is 60.7 Å². The molecule has 2 bridgehead atoms. The Morgan fingerprint density at radius 3 is 1.41 bits per heavy atom. The number of nitrogens with zero attached hydrogens (tertiary/aromatic N) is 4. The third-order valence-electron chi connectivity index (χ3n) is 9.28. The summed E-state index contributed by atoms with van der Waals surface area (Å²) in [5.74, 6) is 0. The van der Waals surface area contributed by atoms with Gasteiger partial charge in [-0.2, -0.15) is 25.4 Å². The molecular weight excluding hydrogens is 881 g/mol. The molecule has 4 aromatic rings. The summed E-state index contributed by atoms with van der Waals surface area (Å²) in [6.45, 7) is -1.31. The predicted molar refractivity (Wildman–Crippen MR) is 210 cm³/mol. The van der Waals surface area contributed by atoms with Crippen molar-refractivity contribution in [3.63, 3.8) is 0 Å². The third-order valence-corrected chi connectivity index (χ3v) is 25.4. The topological polar surface area (TPSA) is 268 Å². The molecule has 0 saturated carbocycles. The van der Waals surface area contributed by atoms with Gasteiger partial charge in [-0.3, -0.25) is 4.98 Å². The fraction of sp³-hybridized carbons (Fsp3) is 0.324. The molecule has 0 fully saturated rings. The van der Waals surface area contributed by atoms with Crippen molar-refractivity contribution in [1.82, 2.24) is 18.5 Å². The number of benzene rings is 3. The molecule has 0 amide bonds. The number of fused-ring (bicyclic) bond motifs is 2. The minimum atomic E-state index is -5.84. The lowest BCUT2D eigenvalue weighted by Crippen LogP contribution is -2.60. The number of aryl methyl sites for hydroxylation is 3. The minimum absolute atomic E-state index is 0.142. The molecule has 18 nitrogen and oxygen atoms in total. The fourth-order valence-electron chi connectivity index (χ4n) is 6.02. The second-order valence-electron chi connectivity index (χ2n) is 13.3. The van der Waals surface area contributed by atoms with Crippen molar-refractivity contribution in [2.24, 2.45) is 0 Å². The smallest absolute Gasteiger partial charge is 0.326 e. The Balaban J connectivity index is 1.78. The molecule has 2 atom stereocenters. The first-order valence-electron chi connectivity index (χ1n) is 17.1. The lowest BCUT2D eigenvalue weighted by atomic mass is 10.2. The molecule has 1 aliphatic heterocycles. The number of hydrogen-bond donors (Lipinski definition) is 2. The van der Waals surface area contributed by atoms with Crippen molar-refractivity contribution in [3.05, 3.63) is 119 Å². The van der Waals surface area contributed by atoms with Crippen LogP contribution in [0.1, 0.15) is 34.5 Å². The Bertz CT molecular complexity index is 2840. The lowest BCUT2D eigenvalue weighted by Gasteiger charge is -2.40. The zero-order valence-corrected chi connectivity index (χ0v) is 36.0. The Labute approximate surface area is 336 Å².